The number of carbonyl (C=O) groups is 3. The fourth-order valence-corrected chi connectivity index (χ4v) is 2.65. The molecule has 1 N–H and O–H groups in total. The highest BCUT2D eigenvalue weighted by molar-refractivity contribution is 6.02. The van der Waals surface area contributed by atoms with E-state index in [1.54, 1.807) is 18.2 Å². The van der Waals surface area contributed by atoms with Gasteiger partial charge in [-0.3, -0.25) is 14.4 Å². The molecule has 3 rings (SSSR count). The number of rotatable bonds is 5. The second-order valence-electron chi connectivity index (χ2n) is 5.78. The molecule has 0 atom stereocenters. The lowest BCUT2D eigenvalue weighted by atomic mass is 10.1. The van der Waals surface area contributed by atoms with Gasteiger partial charge in [-0.15, -0.1) is 0 Å². The van der Waals surface area contributed by atoms with Gasteiger partial charge >= 0.3 is 5.97 Å². The number of ether oxygens (including phenoxy) is 1. The molecule has 2 aromatic carbocycles. The van der Waals surface area contributed by atoms with Crippen molar-refractivity contribution in [1.82, 2.24) is 0 Å². The fraction of sp³-hybridized carbons (Fsp3) is 0.211. The third kappa shape index (κ3) is 3.51. The van der Waals surface area contributed by atoms with Gasteiger partial charge in [-0.1, -0.05) is 24.3 Å². The SMILES string of the molecule is Cc1ccccc1CC(=O)OCC(=O)c1ccc2c(c1)CC(=O)N2. The van der Waals surface area contributed by atoms with Gasteiger partial charge in [-0.25, -0.2) is 0 Å². The van der Waals surface area contributed by atoms with Crippen LogP contribution in [0, 0.1) is 6.92 Å². The molecule has 0 aromatic heterocycles. The number of hydrogen-bond donors (Lipinski definition) is 1. The Labute approximate surface area is 139 Å². The maximum absolute atomic E-state index is 12.2. The van der Waals surface area contributed by atoms with E-state index in [0.29, 0.717) is 5.56 Å². The van der Waals surface area contributed by atoms with Gasteiger partial charge in [0.1, 0.15) is 0 Å². The van der Waals surface area contributed by atoms with Crippen molar-refractivity contribution in [1.29, 1.82) is 0 Å². The van der Waals surface area contributed by atoms with Gasteiger partial charge in [0.15, 0.2) is 12.4 Å². The van der Waals surface area contributed by atoms with E-state index < -0.39 is 5.97 Å². The van der Waals surface area contributed by atoms with Crippen LogP contribution >= 0.6 is 0 Å². The van der Waals surface area contributed by atoms with Gasteiger partial charge in [0.05, 0.1) is 12.8 Å². The van der Waals surface area contributed by atoms with E-state index in [-0.39, 0.29) is 31.1 Å². The van der Waals surface area contributed by atoms with Crippen molar-refractivity contribution in [3.63, 3.8) is 0 Å². The molecule has 0 spiro atoms. The average Bonchev–Trinajstić information content (AvgIpc) is 2.94. The van der Waals surface area contributed by atoms with Gasteiger partial charge < -0.3 is 10.1 Å². The van der Waals surface area contributed by atoms with Crippen LogP contribution in [0.4, 0.5) is 5.69 Å². The van der Waals surface area contributed by atoms with E-state index >= 15 is 0 Å². The molecule has 0 aliphatic carbocycles. The summed E-state index contributed by atoms with van der Waals surface area (Å²) in [6.07, 6.45) is 0.409. The Morgan fingerprint density at radius 3 is 2.75 bits per heavy atom. The van der Waals surface area contributed by atoms with E-state index in [2.05, 4.69) is 5.32 Å². The zero-order valence-electron chi connectivity index (χ0n) is 13.3. The van der Waals surface area contributed by atoms with Crippen LogP contribution in [0.25, 0.3) is 0 Å². The zero-order valence-corrected chi connectivity index (χ0v) is 13.3. The van der Waals surface area contributed by atoms with Crippen LogP contribution in [0.3, 0.4) is 0 Å². The maximum Gasteiger partial charge on any atom is 0.310 e. The number of ketones is 1. The summed E-state index contributed by atoms with van der Waals surface area (Å²) in [5.74, 6) is -0.801. The predicted octanol–water partition coefficient (Wildman–Crippen LogP) is 2.46. The summed E-state index contributed by atoms with van der Waals surface area (Å²) in [6, 6.07) is 12.5. The first kappa shape index (κ1) is 15.9. The minimum atomic E-state index is -0.435. The van der Waals surface area contributed by atoms with Crippen LogP contribution < -0.4 is 5.32 Å². The molecule has 1 heterocycles. The molecular weight excluding hydrogens is 306 g/mol. The van der Waals surface area contributed by atoms with Crippen molar-refractivity contribution in [2.75, 3.05) is 11.9 Å². The number of nitrogens with one attached hydrogen (secondary N) is 1. The highest BCUT2D eigenvalue weighted by atomic mass is 16.5. The molecule has 1 aliphatic heterocycles. The van der Waals surface area contributed by atoms with E-state index in [1.165, 1.54) is 0 Å². The number of Topliss-reactive ketones (excluding diaryl/α,β-unsaturated/α-hetero) is 1. The molecular formula is C19H17NO4. The van der Waals surface area contributed by atoms with Crippen molar-refractivity contribution < 1.29 is 19.1 Å². The Balaban J connectivity index is 1.58. The molecule has 122 valence electrons. The second kappa shape index (κ2) is 6.66. The van der Waals surface area contributed by atoms with Crippen molar-refractivity contribution in [2.24, 2.45) is 0 Å². The number of amides is 1. The monoisotopic (exact) mass is 323 g/mol. The lowest BCUT2D eigenvalue weighted by Gasteiger charge is -2.07. The Morgan fingerprint density at radius 2 is 1.96 bits per heavy atom. The summed E-state index contributed by atoms with van der Waals surface area (Å²) in [5, 5.41) is 2.71. The van der Waals surface area contributed by atoms with Crippen LogP contribution in [0.5, 0.6) is 0 Å². The first-order chi connectivity index (χ1) is 11.5. The highest BCUT2D eigenvalue weighted by Gasteiger charge is 2.19. The minimum absolute atomic E-state index is 0.0840. The summed E-state index contributed by atoms with van der Waals surface area (Å²) in [4.78, 5) is 35.4. The number of hydrogen-bond acceptors (Lipinski definition) is 4. The van der Waals surface area contributed by atoms with Crippen molar-refractivity contribution in [3.05, 3.63) is 64.7 Å². The van der Waals surface area contributed by atoms with Crippen molar-refractivity contribution >= 4 is 23.3 Å². The predicted molar refractivity (Wildman–Crippen MR) is 88.9 cm³/mol. The Kier molecular flexibility index (Phi) is 4.42. The van der Waals surface area contributed by atoms with Gasteiger partial charge in [0.2, 0.25) is 5.91 Å². The second-order valence-corrected chi connectivity index (χ2v) is 5.78. The van der Waals surface area contributed by atoms with E-state index in [9.17, 15) is 14.4 Å². The minimum Gasteiger partial charge on any atom is -0.457 e. The van der Waals surface area contributed by atoms with Crippen molar-refractivity contribution in [2.45, 2.75) is 19.8 Å². The van der Waals surface area contributed by atoms with Gasteiger partial charge in [0, 0.05) is 11.3 Å². The molecule has 5 nitrogen and oxygen atoms in total. The maximum atomic E-state index is 12.2. The molecule has 1 aliphatic rings. The molecule has 0 bridgehead atoms. The third-order valence-corrected chi connectivity index (χ3v) is 4.01. The average molecular weight is 323 g/mol. The van der Waals surface area contributed by atoms with Crippen LogP contribution in [0.1, 0.15) is 27.0 Å². The zero-order chi connectivity index (χ0) is 17.1. The number of benzene rings is 2. The molecule has 5 heteroatoms. The summed E-state index contributed by atoms with van der Waals surface area (Å²) in [6.45, 7) is 1.62. The quantitative estimate of drug-likeness (QED) is 0.678. The van der Waals surface area contributed by atoms with Gasteiger partial charge in [0.25, 0.3) is 0 Å². The summed E-state index contributed by atoms with van der Waals surface area (Å²) in [5.41, 5.74) is 3.85. The third-order valence-electron chi connectivity index (χ3n) is 4.01. The number of anilines is 1. The first-order valence-electron chi connectivity index (χ1n) is 7.69. The molecule has 0 radical (unpaired) electrons. The fourth-order valence-electron chi connectivity index (χ4n) is 2.65. The van der Waals surface area contributed by atoms with E-state index in [4.69, 9.17) is 4.74 Å². The highest BCUT2D eigenvalue weighted by Crippen LogP contribution is 2.24. The van der Waals surface area contributed by atoms with Crippen LogP contribution in [0.2, 0.25) is 0 Å². The summed E-state index contributed by atoms with van der Waals surface area (Å²) >= 11 is 0. The molecule has 0 saturated heterocycles. The number of carbonyl (C=O) groups excluding carboxylic acids is 3. The van der Waals surface area contributed by atoms with E-state index in [0.717, 1.165) is 22.4 Å². The van der Waals surface area contributed by atoms with Gasteiger partial charge in [-0.2, -0.15) is 0 Å². The largest absolute Gasteiger partial charge is 0.457 e. The smallest absolute Gasteiger partial charge is 0.310 e. The van der Waals surface area contributed by atoms with Gasteiger partial charge in [-0.05, 0) is 41.8 Å². The lowest BCUT2D eigenvalue weighted by molar-refractivity contribution is -0.141. The topological polar surface area (TPSA) is 72.5 Å². The van der Waals surface area contributed by atoms with Crippen LogP contribution in [-0.4, -0.2) is 24.3 Å². The Morgan fingerprint density at radius 1 is 1.17 bits per heavy atom. The standard InChI is InChI=1S/C19H17NO4/c1-12-4-2-3-5-13(12)10-19(23)24-11-17(21)14-6-7-16-15(8-14)9-18(22)20-16/h2-8H,9-11H2,1H3,(H,20,22). The first-order valence-corrected chi connectivity index (χ1v) is 7.69. The van der Waals surface area contributed by atoms with E-state index in [1.807, 2.05) is 31.2 Å². The number of fused-ring (bicyclic) bond motifs is 1. The van der Waals surface area contributed by atoms with Crippen LogP contribution in [-0.2, 0) is 27.2 Å². The number of aryl methyl sites for hydroxylation is 1. The Bertz CT molecular complexity index is 826. The van der Waals surface area contributed by atoms with Crippen molar-refractivity contribution in [3.8, 4) is 0 Å². The molecule has 0 saturated carbocycles. The lowest BCUT2D eigenvalue weighted by Crippen LogP contribution is -2.16. The summed E-state index contributed by atoms with van der Waals surface area (Å²) < 4.78 is 5.09. The normalized spacial score (nSPS) is 12.5. The molecule has 24 heavy (non-hydrogen) atoms. The summed E-state index contributed by atoms with van der Waals surface area (Å²) in [7, 11) is 0. The molecule has 1 amide bonds. The van der Waals surface area contributed by atoms with Crippen LogP contribution in [0.15, 0.2) is 42.5 Å². The Hall–Kier alpha value is -2.95. The number of esters is 1. The molecule has 0 unspecified atom stereocenters. The molecule has 0 fully saturated rings. The molecule has 2 aromatic rings.